The lowest BCUT2D eigenvalue weighted by molar-refractivity contribution is -0.133. The lowest BCUT2D eigenvalue weighted by Gasteiger charge is -2.29. The number of hydrogen-bond acceptors (Lipinski definition) is 5. The first-order valence-electron chi connectivity index (χ1n) is 15.8. The molecule has 0 aliphatic carbocycles. The number of benzene rings is 3. The number of rotatable bonds is 6. The van der Waals surface area contributed by atoms with E-state index < -0.39 is 18.0 Å². The molecule has 45 heavy (non-hydrogen) atoms. The van der Waals surface area contributed by atoms with Gasteiger partial charge < -0.3 is 15.5 Å². The van der Waals surface area contributed by atoms with Gasteiger partial charge in [0.15, 0.2) is 5.82 Å². The Kier molecular flexibility index (Phi) is 10.4. The van der Waals surface area contributed by atoms with Crippen LogP contribution in [0.2, 0.25) is 0 Å². The van der Waals surface area contributed by atoms with Crippen LogP contribution in [0.4, 0.5) is 0 Å². The Bertz CT molecular complexity index is 1530. The van der Waals surface area contributed by atoms with E-state index in [1.807, 2.05) is 117 Å². The average molecular weight is 607 g/mol. The third-order valence-corrected chi connectivity index (χ3v) is 8.08. The number of carbonyl (C=O) groups is 3. The van der Waals surface area contributed by atoms with Crippen LogP contribution in [0.15, 0.2) is 91.0 Å². The molecule has 1 aromatic heterocycles. The first kappa shape index (κ1) is 31.6. The maximum atomic E-state index is 14.5. The van der Waals surface area contributed by atoms with Gasteiger partial charge in [-0.25, -0.2) is 9.67 Å². The largest absolute Gasteiger partial charge is 0.345 e. The normalized spacial score (nSPS) is 18.2. The summed E-state index contributed by atoms with van der Waals surface area (Å²) < 4.78 is 1.80. The summed E-state index contributed by atoms with van der Waals surface area (Å²) in [6, 6.07) is 28.1. The Hall–Kier alpha value is -4.79. The summed E-state index contributed by atoms with van der Waals surface area (Å²) in [4.78, 5) is 47.6. The van der Waals surface area contributed by atoms with E-state index in [4.69, 9.17) is 10.1 Å². The third kappa shape index (κ3) is 8.03. The average Bonchev–Trinajstić information content (AvgIpc) is 3.48. The van der Waals surface area contributed by atoms with E-state index in [1.54, 1.807) is 4.68 Å². The van der Waals surface area contributed by atoms with Crippen molar-refractivity contribution in [3.8, 4) is 11.4 Å². The molecule has 1 aliphatic heterocycles. The summed E-state index contributed by atoms with van der Waals surface area (Å²) in [5.41, 5.74) is 2.68. The van der Waals surface area contributed by atoms with Crippen LogP contribution in [0.25, 0.3) is 11.4 Å². The van der Waals surface area contributed by atoms with Crippen LogP contribution in [-0.2, 0) is 20.9 Å². The molecular weight excluding hydrogens is 564 g/mol. The van der Waals surface area contributed by atoms with E-state index in [1.165, 1.54) is 0 Å². The van der Waals surface area contributed by atoms with Crippen molar-refractivity contribution in [2.45, 2.75) is 64.6 Å². The van der Waals surface area contributed by atoms with Gasteiger partial charge in [-0.05, 0) is 36.8 Å². The van der Waals surface area contributed by atoms with Crippen molar-refractivity contribution < 1.29 is 14.4 Å². The first-order chi connectivity index (χ1) is 21.8. The Morgan fingerprint density at radius 2 is 1.44 bits per heavy atom. The predicted octanol–water partition coefficient (Wildman–Crippen LogP) is 5.11. The highest BCUT2D eigenvalue weighted by Gasteiger charge is 2.30. The van der Waals surface area contributed by atoms with Gasteiger partial charge in [0, 0.05) is 25.1 Å². The molecule has 0 saturated heterocycles. The molecule has 0 radical (unpaired) electrons. The summed E-state index contributed by atoms with van der Waals surface area (Å²) in [5.74, 6) is 0.349. The van der Waals surface area contributed by atoms with Crippen LogP contribution in [0.5, 0.6) is 0 Å². The molecule has 0 spiro atoms. The van der Waals surface area contributed by atoms with Crippen molar-refractivity contribution in [1.29, 1.82) is 0 Å². The molecule has 9 heteroatoms. The molecule has 9 nitrogen and oxygen atoms in total. The highest BCUT2D eigenvalue weighted by molar-refractivity contribution is 5.88. The maximum Gasteiger partial charge on any atom is 0.243 e. The van der Waals surface area contributed by atoms with E-state index in [0.29, 0.717) is 44.1 Å². The van der Waals surface area contributed by atoms with Crippen molar-refractivity contribution >= 4 is 17.7 Å². The Morgan fingerprint density at radius 1 is 0.844 bits per heavy atom. The third-order valence-electron chi connectivity index (χ3n) is 8.08. The smallest absolute Gasteiger partial charge is 0.243 e. The minimum Gasteiger partial charge on any atom is -0.345 e. The molecule has 234 valence electrons. The fourth-order valence-electron chi connectivity index (χ4n) is 5.83. The quantitative estimate of drug-likeness (QED) is 0.317. The van der Waals surface area contributed by atoms with Gasteiger partial charge in [-0.2, -0.15) is 5.10 Å². The van der Waals surface area contributed by atoms with E-state index in [9.17, 15) is 14.4 Å². The lowest BCUT2D eigenvalue weighted by atomic mass is 9.90. The second kappa shape index (κ2) is 14.8. The minimum atomic E-state index is -0.675. The number of amides is 3. The lowest BCUT2D eigenvalue weighted by Crippen LogP contribution is -2.48. The van der Waals surface area contributed by atoms with Gasteiger partial charge in [-0.15, -0.1) is 0 Å². The van der Waals surface area contributed by atoms with Crippen LogP contribution in [-0.4, -0.2) is 56.5 Å². The zero-order chi connectivity index (χ0) is 31.8. The van der Waals surface area contributed by atoms with Crippen molar-refractivity contribution in [3.05, 3.63) is 108 Å². The van der Waals surface area contributed by atoms with E-state index in [-0.39, 0.29) is 30.1 Å². The molecule has 0 saturated carbocycles. The standard InChI is InChI=1S/C36H42N6O3/c1-25(2)24-30-35(44)37-26(3)34-39-33(29-18-11-6-12-19-29)40-42(34)23-22-41(21-13-20-31(43)38-30)36(45)32(27-14-7-4-8-15-27)28-16-9-5-10-17-28/h4-12,14-19,25-26,30,32H,13,20-24H2,1-3H3,(H,37,44)(H,38,43)/t26-,30-/m1/s1. The van der Waals surface area contributed by atoms with Crippen LogP contribution in [0.3, 0.4) is 0 Å². The van der Waals surface area contributed by atoms with Crippen molar-refractivity contribution in [1.82, 2.24) is 30.3 Å². The van der Waals surface area contributed by atoms with Gasteiger partial charge in [-0.3, -0.25) is 14.4 Å². The molecule has 3 amide bonds. The predicted molar refractivity (Wildman–Crippen MR) is 174 cm³/mol. The monoisotopic (exact) mass is 606 g/mol. The number of aromatic nitrogens is 3. The molecule has 1 aliphatic rings. The topological polar surface area (TPSA) is 109 Å². The highest BCUT2D eigenvalue weighted by atomic mass is 16.2. The summed E-state index contributed by atoms with van der Waals surface area (Å²) in [6.45, 7) is 7.04. The number of carbonyl (C=O) groups excluding carboxylic acids is 3. The second-order valence-corrected chi connectivity index (χ2v) is 12.0. The molecule has 2 heterocycles. The molecule has 5 rings (SSSR count). The van der Waals surface area contributed by atoms with Crippen LogP contribution < -0.4 is 10.6 Å². The Labute approximate surface area is 265 Å². The summed E-state index contributed by atoms with van der Waals surface area (Å²) in [7, 11) is 0. The van der Waals surface area contributed by atoms with Gasteiger partial charge in [0.25, 0.3) is 0 Å². The zero-order valence-electron chi connectivity index (χ0n) is 26.2. The Balaban J connectivity index is 1.51. The summed E-state index contributed by atoms with van der Waals surface area (Å²) >= 11 is 0. The molecule has 2 atom stereocenters. The van der Waals surface area contributed by atoms with E-state index in [0.717, 1.165) is 16.7 Å². The van der Waals surface area contributed by atoms with Gasteiger partial charge in [0.05, 0.1) is 18.5 Å². The summed E-state index contributed by atoms with van der Waals surface area (Å²) in [5, 5.41) is 10.9. The molecule has 0 fully saturated rings. The van der Waals surface area contributed by atoms with Crippen LogP contribution in [0.1, 0.15) is 68.9 Å². The van der Waals surface area contributed by atoms with E-state index >= 15 is 0 Å². The van der Waals surface area contributed by atoms with Gasteiger partial charge in [-0.1, -0.05) is 105 Å². The highest BCUT2D eigenvalue weighted by Crippen LogP contribution is 2.28. The number of fused-ring (bicyclic) bond motifs is 1. The molecule has 0 bridgehead atoms. The van der Waals surface area contributed by atoms with E-state index in [2.05, 4.69) is 10.6 Å². The number of nitrogens with zero attached hydrogens (tertiary/aromatic N) is 4. The number of hydrogen-bond donors (Lipinski definition) is 2. The van der Waals surface area contributed by atoms with Gasteiger partial charge in [0.2, 0.25) is 17.7 Å². The van der Waals surface area contributed by atoms with Crippen LogP contribution in [0, 0.1) is 5.92 Å². The van der Waals surface area contributed by atoms with Crippen molar-refractivity contribution in [2.75, 3.05) is 13.1 Å². The van der Waals surface area contributed by atoms with Crippen molar-refractivity contribution in [2.24, 2.45) is 5.92 Å². The maximum absolute atomic E-state index is 14.5. The molecule has 3 aromatic carbocycles. The first-order valence-corrected chi connectivity index (χ1v) is 15.8. The summed E-state index contributed by atoms with van der Waals surface area (Å²) in [6.07, 6.45) is 1.17. The fraction of sp³-hybridized carbons (Fsp3) is 0.361. The van der Waals surface area contributed by atoms with Gasteiger partial charge in [0.1, 0.15) is 11.9 Å². The molecule has 4 aromatic rings. The van der Waals surface area contributed by atoms with Crippen molar-refractivity contribution in [3.63, 3.8) is 0 Å². The SMILES string of the molecule is CC(C)C[C@H]1NC(=O)CCCN(C(=O)C(c2ccccc2)c2ccccc2)CCn2nc(-c3ccccc3)nc2[C@@H](C)NC1=O. The molecule has 2 N–H and O–H groups in total. The number of nitrogens with one attached hydrogen (secondary N) is 2. The Morgan fingerprint density at radius 3 is 2.04 bits per heavy atom. The molecule has 0 unspecified atom stereocenters. The minimum absolute atomic E-state index is 0.0381. The fourth-order valence-corrected chi connectivity index (χ4v) is 5.83. The second-order valence-electron chi connectivity index (χ2n) is 12.0. The van der Waals surface area contributed by atoms with Gasteiger partial charge >= 0.3 is 0 Å². The zero-order valence-corrected chi connectivity index (χ0v) is 26.2. The molecular formula is C36H42N6O3. The van der Waals surface area contributed by atoms with Crippen LogP contribution >= 0.6 is 0 Å².